The first-order valence-electron chi connectivity index (χ1n) is 6.16. The lowest BCUT2D eigenvalue weighted by Gasteiger charge is -2.15. The van der Waals surface area contributed by atoms with Gasteiger partial charge in [-0.15, -0.1) is 11.8 Å². The third kappa shape index (κ3) is 3.38. The molecule has 2 aromatic rings. The number of hydrogen-bond donors (Lipinski definition) is 1. The van der Waals surface area contributed by atoms with Crippen molar-refractivity contribution in [3.8, 4) is 0 Å². The minimum atomic E-state index is -0.346. The molecule has 0 aliphatic heterocycles. The Morgan fingerprint density at radius 2 is 1.79 bits per heavy atom. The van der Waals surface area contributed by atoms with Gasteiger partial charge in [-0.1, -0.05) is 48.0 Å². The van der Waals surface area contributed by atoms with Crippen molar-refractivity contribution in [2.24, 2.45) is 5.73 Å². The molecule has 1 amide bonds. The Morgan fingerprint density at radius 1 is 1.11 bits per heavy atom. The van der Waals surface area contributed by atoms with Crippen LogP contribution in [0, 0.1) is 13.8 Å². The summed E-state index contributed by atoms with van der Waals surface area (Å²) in [5.74, 6) is -0.308. The second-order valence-electron chi connectivity index (χ2n) is 4.58. The number of thioether (sulfide) groups is 1. The fraction of sp³-hybridized carbons (Fsp3) is 0.188. The van der Waals surface area contributed by atoms with Gasteiger partial charge in [-0.2, -0.15) is 0 Å². The molecule has 2 nitrogen and oxygen atoms in total. The summed E-state index contributed by atoms with van der Waals surface area (Å²) in [5.41, 5.74) is 8.84. The highest BCUT2D eigenvalue weighted by molar-refractivity contribution is 8.00. The van der Waals surface area contributed by atoms with Crippen LogP contribution in [-0.4, -0.2) is 5.91 Å². The number of benzene rings is 2. The van der Waals surface area contributed by atoms with Crippen molar-refractivity contribution >= 4 is 17.7 Å². The van der Waals surface area contributed by atoms with E-state index in [0.717, 1.165) is 16.0 Å². The van der Waals surface area contributed by atoms with E-state index in [-0.39, 0.29) is 11.2 Å². The maximum absolute atomic E-state index is 11.7. The molecule has 2 N–H and O–H groups in total. The molecule has 98 valence electrons. The lowest BCUT2D eigenvalue weighted by atomic mass is 10.1. The lowest BCUT2D eigenvalue weighted by Crippen LogP contribution is -2.18. The number of primary amides is 1. The zero-order valence-corrected chi connectivity index (χ0v) is 11.9. The number of carbonyl (C=O) groups is 1. The molecule has 1 atom stereocenters. The molecule has 1 unspecified atom stereocenters. The Kier molecular flexibility index (Phi) is 4.27. The molecule has 0 aliphatic rings. The van der Waals surface area contributed by atoms with E-state index in [0.29, 0.717) is 0 Å². The Balaban J connectivity index is 2.32. The lowest BCUT2D eigenvalue weighted by molar-refractivity contribution is -0.117. The van der Waals surface area contributed by atoms with Crippen LogP contribution in [-0.2, 0) is 4.79 Å². The molecule has 2 aromatic carbocycles. The summed E-state index contributed by atoms with van der Waals surface area (Å²) in [7, 11) is 0. The number of aryl methyl sites for hydroxylation is 2. The zero-order valence-electron chi connectivity index (χ0n) is 11.1. The van der Waals surface area contributed by atoms with Gasteiger partial charge in [0, 0.05) is 4.90 Å². The predicted octanol–water partition coefficient (Wildman–Crippen LogP) is 3.62. The maximum Gasteiger partial charge on any atom is 0.235 e. The summed E-state index contributed by atoms with van der Waals surface area (Å²) in [6.45, 7) is 4.09. The van der Waals surface area contributed by atoms with Crippen molar-refractivity contribution in [1.29, 1.82) is 0 Å². The van der Waals surface area contributed by atoms with Crippen LogP contribution in [0.1, 0.15) is 21.9 Å². The Bertz CT molecular complexity index is 581. The van der Waals surface area contributed by atoms with Gasteiger partial charge in [-0.25, -0.2) is 0 Å². The molecular weight excluding hydrogens is 254 g/mol. The van der Waals surface area contributed by atoms with Crippen molar-refractivity contribution in [2.45, 2.75) is 24.0 Å². The van der Waals surface area contributed by atoms with Crippen LogP contribution < -0.4 is 5.73 Å². The second kappa shape index (κ2) is 5.93. The quantitative estimate of drug-likeness (QED) is 0.863. The van der Waals surface area contributed by atoms with Crippen molar-refractivity contribution in [1.82, 2.24) is 0 Å². The van der Waals surface area contributed by atoms with Crippen LogP contribution in [0.2, 0.25) is 0 Å². The SMILES string of the molecule is Cc1ccc(C)c(SC(C(N)=O)c2ccccc2)c1. The largest absolute Gasteiger partial charge is 0.368 e. The molecule has 19 heavy (non-hydrogen) atoms. The van der Waals surface area contributed by atoms with Crippen LogP contribution in [0.25, 0.3) is 0 Å². The topological polar surface area (TPSA) is 43.1 Å². The van der Waals surface area contributed by atoms with Gasteiger partial charge in [0.2, 0.25) is 5.91 Å². The molecule has 0 fully saturated rings. The molecule has 0 aromatic heterocycles. The van der Waals surface area contributed by atoms with Crippen molar-refractivity contribution in [3.05, 3.63) is 65.2 Å². The average Bonchev–Trinajstić information content (AvgIpc) is 2.40. The minimum Gasteiger partial charge on any atom is -0.368 e. The van der Waals surface area contributed by atoms with Crippen LogP contribution in [0.15, 0.2) is 53.4 Å². The van der Waals surface area contributed by atoms with Gasteiger partial charge in [0.1, 0.15) is 5.25 Å². The van der Waals surface area contributed by atoms with Crippen LogP contribution in [0.3, 0.4) is 0 Å². The number of amides is 1. The van der Waals surface area contributed by atoms with Crippen LogP contribution in [0.5, 0.6) is 0 Å². The third-order valence-corrected chi connectivity index (χ3v) is 4.38. The number of carbonyl (C=O) groups excluding carboxylic acids is 1. The fourth-order valence-corrected chi connectivity index (χ4v) is 3.05. The summed E-state index contributed by atoms with van der Waals surface area (Å²) < 4.78 is 0. The van der Waals surface area contributed by atoms with E-state index >= 15 is 0 Å². The molecule has 0 saturated carbocycles. The van der Waals surface area contributed by atoms with Crippen molar-refractivity contribution in [2.75, 3.05) is 0 Å². The third-order valence-electron chi connectivity index (χ3n) is 2.95. The summed E-state index contributed by atoms with van der Waals surface area (Å²) in [6.07, 6.45) is 0. The molecule has 0 radical (unpaired) electrons. The highest BCUT2D eigenvalue weighted by Crippen LogP contribution is 2.36. The van der Waals surface area contributed by atoms with E-state index in [1.165, 1.54) is 17.3 Å². The van der Waals surface area contributed by atoms with Gasteiger partial charge in [0.05, 0.1) is 0 Å². The monoisotopic (exact) mass is 271 g/mol. The Labute approximate surface area is 118 Å². The number of hydrogen-bond acceptors (Lipinski definition) is 2. The first kappa shape index (κ1) is 13.7. The molecule has 0 aliphatic carbocycles. The van der Waals surface area contributed by atoms with Crippen LogP contribution >= 0.6 is 11.8 Å². The maximum atomic E-state index is 11.7. The first-order valence-corrected chi connectivity index (χ1v) is 7.04. The van der Waals surface area contributed by atoms with Gasteiger partial charge in [0.25, 0.3) is 0 Å². The van der Waals surface area contributed by atoms with Crippen LogP contribution in [0.4, 0.5) is 0 Å². The average molecular weight is 271 g/mol. The highest BCUT2D eigenvalue weighted by Gasteiger charge is 2.19. The molecule has 2 rings (SSSR count). The van der Waals surface area contributed by atoms with E-state index in [4.69, 9.17) is 5.73 Å². The smallest absolute Gasteiger partial charge is 0.235 e. The molecule has 0 saturated heterocycles. The standard InChI is InChI=1S/C16H17NOS/c1-11-8-9-12(2)14(10-11)19-15(16(17)18)13-6-4-3-5-7-13/h3-10,15H,1-2H3,(H2,17,18). The van der Waals surface area contributed by atoms with E-state index < -0.39 is 0 Å². The van der Waals surface area contributed by atoms with E-state index in [2.05, 4.69) is 18.2 Å². The van der Waals surface area contributed by atoms with E-state index in [9.17, 15) is 4.79 Å². The Morgan fingerprint density at radius 3 is 2.42 bits per heavy atom. The predicted molar refractivity (Wildman–Crippen MR) is 80.2 cm³/mol. The summed E-state index contributed by atoms with van der Waals surface area (Å²) in [5, 5.41) is -0.346. The molecule has 3 heteroatoms. The molecular formula is C16H17NOS. The number of nitrogens with two attached hydrogens (primary N) is 1. The second-order valence-corrected chi connectivity index (χ2v) is 5.73. The number of rotatable bonds is 4. The first-order chi connectivity index (χ1) is 9.08. The summed E-state index contributed by atoms with van der Waals surface area (Å²) >= 11 is 1.52. The summed E-state index contributed by atoms with van der Waals surface area (Å²) in [6, 6.07) is 15.9. The van der Waals surface area contributed by atoms with Crippen molar-refractivity contribution < 1.29 is 4.79 Å². The van der Waals surface area contributed by atoms with Gasteiger partial charge in [-0.3, -0.25) is 4.79 Å². The Hall–Kier alpha value is -1.74. The van der Waals surface area contributed by atoms with Gasteiger partial charge in [0.15, 0.2) is 0 Å². The molecule has 0 heterocycles. The van der Waals surface area contributed by atoms with Gasteiger partial charge >= 0.3 is 0 Å². The van der Waals surface area contributed by atoms with E-state index in [1.54, 1.807) is 0 Å². The normalized spacial score (nSPS) is 12.1. The zero-order chi connectivity index (χ0) is 13.8. The van der Waals surface area contributed by atoms with Gasteiger partial charge < -0.3 is 5.73 Å². The fourth-order valence-electron chi connectivity index (χ4n) is 1.88. The van der Waals surface area contributed by atoms with E-state index in [1.807, 2.05) is 44.2 Å². The molecule has 0 bridgehead atoms. The highest BCUT2D eigenvalue weighted by atomic mass is 32.2. The van der Waals surface area contributed by atoms with Gasteiger partial charge in [-0.05, 0) is 31.0 Å². The molecule has 0 spiro atoms. The van der Waals surface area contributed by atoms with Crippen molar-refractivity contribution in [3.63, 3.8) is 0 Å². The summed E-state index contributed by atoms with van der Waals surface area (Å²) in [4.78, 5) is 12.8. The minimum absolute atomic E-state index is 0.308.